The van der Waals surface area contributed by atoms with E-state index in [0.29, 0.717) is 5.56 Å². The number of amides is 1. The third-order valence-corrected chi connectivity index (χ3v) is 4.82. The molecule has 0 aliphatic carbocycles. The molecule has 1 aromatic carbocycles. The van der Waals surface area contributed by atoms with Crippen LogP contribution in [0.1, 0.15) is 25.0 Å². The molecular weight excluding hydrogens is 327 g/mol. The Morgan fingerprint density at radius 1 is 1.35 bits per heavy atom. The Morgan fingerprint density at radius 3 is 2.52 bits per heavy atom. The van der Waals surface area contributed by atoms with Crippen LogP contribution in [0.5, 0.6) is 0 Å². The van der Waals surface area contributed by atoms with Crippen LogP contribution in [0.2, 0.25) is 0 Å². The molecule has 2 N–H and O–H groups in total. The van der Waals surface area contributed by atoms with Crippen LogP contribution in [0.3, 0.4) is 0 Å². The Kier molecular flexibility index (Phi) is 7.41. The fraction of sp³-hybridized carbons (Fsp3) is 0.562. The molecule has 1 amide bonds. The standard InChI is InChI=1S/C16H22F3NO2S/c1-10(15(22)20-11(2)14(9-21)23-3)7-12-5-4-6-13(8-12)16(17,18)19/h4-6,8,10-11,14,21H,7,9H2,1-3H3,(H,20,22). The molecular formula is C16H22F3NO2S. The first-order valence-corrected chi connectivity index (χ1v) is 8.58. The van der Waals surface area contributed by atoms with E-state index in [0.717, 1.165) is 12.1 Å². The highest BCUT2D eigenvalue weighted by Gasteiger charge is 2.30. The molecule has 0 aromatic heterocycles. The fourth-order valence-corrected chi connectivity index (χ4v) is 2.84. The summed E-state index contributed by atoms with van der Waals surface area (Å²) in [6.07, 6.45) is -2.32. The average molecular weight is 349 g/mol. The molecule has 1 aromatic rings. The number of aliphatic hydroxyl groups excluding tert-OH is 1. The highest BCUT2D eigenvalue weighted by Crippen LogP contribution is 2.30. The van der Waals surface area contributed by atoms with Crippen LogP contribution in [0.25, 0.3) is 0 Å². The maximum atomic E-state index is 12.7. The molecule has 0 heterocycles. The molecule has 130 valence electrons. The number of carbonyl (C=O) groups excluding carboxylic acids is 1. The van der Waals surface area contributed by atoms with E-state index in [1.54, 1.807) is 19.9 Å². The lowest BCUT2D eigenvalue weighted by Crippen LogP contribution is -2.43. The molecule has 0 saturated heterocycles. The predicted molar refractivity (Wildman–Crippen MR) is 86.3 cm³/mol. The van der Waals surface area contributed by atoms with E-state index in [-0.39, 0.29) is 30.2 Å². The number of rotatable bonds is 7. The maximum Gasteiger partial charge on any atom is 0.416 e. The molecule has 3 nitrogen and oxygen atoms in total. The normalized spacial score (nSPS) is 15.8. The molecule has 0 aliphatic rings. The van der Waals surface area contributed by atoms with Crippen molar-refractivity contribution in [1.29, 1.82) is 0 Å². The highest BCUT2D eigenvalue weighted by molar-refractivity contribution is 7.99. The first-order chi connectivity index (χ1) is 10.7. The number of halogens is 3. The number of aliphatic hydroxyl groups is 1. The monoisotopic (exact) mass is 349 g/mol. The Hall–Kier alpha value is -1.21. The minimum absolute atomic E-state index is 0.0510. The summed E-state index contributed by atoms with van der Waals surface area (Å²) in [6, 6.07) is 4.81. The predicted octanol–water partition coefficient (Wildman–Crippen LogP) is 3.11. The van der Waals surface area contributed by atoms with Crippen LogP contribution in [0.15, 0.2) is 24.3 Å². The van der Waals surface area contributed by atoms with Gasteiger partial charge < -0.3 is 10.4 Å². The number of thioether (sulfide) groups is 1. The van der Waals surface area contributed by atoms with E-state index >= 15 is 0 Å². The second-order valence-corrected chi connectivity index (χ2v) is 6.63. The molecule has 7 heteroatoms. The van der Waals surface area contributed by atoms with Crippen molar-refractivity contribution in [1.82, 2.24) is 5.32 Å². The van der Waals surface area contributed by atoms with Gasteiger partial charge in [-0.2, -0.15) is 24.9 Å². The van der Waals surface area contributed by atoms with Gasteiger partial charge in [0.05, 0.1) is 12.2 Å². The second kappa shape index (κ2) is 8.59. The van der Waals surface area contributed by atoms with Crippen molar-refractivity contribution in [2.24, 2.45) is 5.92 Å². The largest absolute Gasteiger partial charge is 0.416 e. The third kappa shape index (κ3) is 6.06. The van der Waals surface area contributed by atoms with Crippen LogP contribution in [0, 0.1) is 5.92 Å². The summed E-state index contributed by atoms with van der Waals surface area (Å²) in [5.41, 5.74) is -0.239. The van der Waals surface area contributed by atoms with E-state index in [9.17, 15) is 23.1 Å². The van der Waals surface area contributed by atoms with Crippen molar-refractivity contribution in [3.05, 3.63) is 35.4 Å². The van der Waals surface area contributed by atoms with Gasteiger partial charge in [0.1, 0.15) is 0 Å². The minimum Gasteiger partial charge on any atom is -0.395 e. The Morgan fingerprint density at radius 2 is 2.00 bits per heavy atom. The Balaban J connectivity index is 2.69. The van der Waals surface area contributed by atoms with Gasteiger partial charge in [0, 0.05) is 17.2 Å². The van der Waals surface area contributed by atoms with E-state index < -0.39 is 17.7 Å². The number of carbonyl (C=O) groups is 1. The van der Waals surface area contributed by atoms with Crippen molar-refractivity contribution < 1.29 is 23.1 Å². The summed E-state index contributed by atoms with van der Waals surface area (Å²) in [5, 5.41) is 11.9. The summed E-state index contributed by atoms with van der Waals surface area (Å²) in [5.74, 6) is -0.690. The van der Waals surface area contributed by atoms with Crippen LogP contribution >= 0.6 is 11.8 Å². The third-order valence-electron chi connectivity index (χ3n) is 3.65. The summed E-state index contributed by atoms with van der Waals surface area (Å²) < 4.78 is 38.1. The van der Waals surface area contributed by atoms with Crippen LogP contribution in [-0.4, -0.2) is 35.2 Å². The van der Waals surface area contributed by atoms with Crippen molar-refractivity contribution in [2.45, 2.75) is 37.7 Å². The SMILES string of the molecule is CSC(CO)C(C)NC(=O)C(C)Cc1cccc(C(F)(F)F)c1. The molecule has 1 rings (SSSR count). The van der Waals surface area contributed by atoms with E-state index in [1.165, 1.54) is 17.8 Å². The van der Waals surface area contributed by atoms with Crippen LogP contribution in [0.4, 0.5) is 13.2 Å². The fourth-order valence-electron chi connectivity index (χ4n) is 2.22. The second-order valence-electron chi connectivity index (χ2n) is 5.56. The zero-order chi connectivity index (χ0) is 17.6. The van der Waals surface area contributed by atoms with Gasteiger partial charge in [0.15, 0.2) is 0 Å². The number of benzene rings is 1. The molecule has 3 atom stereocenters. The van der Waals surface area contributed by atoms with Crippen molar-refractivity contribution in [3.63, 3.8) is 0 Å². The lowest BCUT2D eigenvalue weighted by atomic mass is 9.98. The molecule has 0 spiro atoms. The summed E-state index contributed by atoms with van der Waals surface area (Å²) in [4.78, 5) is 12.2. The molecule has 0 saturated carbocycles. The number of hydrogen-bond acceptors (Lipinski definition) is 3. The zero-order valence-electron chi connectivity index (χ0n) is 13.4. The van der Waals surface area contributed by atoms with Gasteiger partial charge in [0.25, 0.3) is 0 Å². The van der Waals surface area contributed by atoms with Gasteiger partial charge in [-0.1, -0.05) is 25.1 Å². The van der Waals surface area contributed by atoms with E-state index in [2.05, 4.69) is 5.32 Å². The maximum absolute atomic E-state index is 12.7. The van der Waals surface area contributed by atoms with Crippen LogP contribution < -0.4 is 5.32 Å². The van der Waals surface area contributed by atoms with Gasteiger partial charge in [-0.05, 0) is 31.2 Å². The van der Waals surface area contributed by atoms with Gasteiger partial charge in [0.2, 0.25) is 5.91 Å². The summed E-state index contributed by atoms with van der Waals surface area (Å²) >= 11 is 1.45. The minimum atomic E-state index is -4.39. The summed E-state index contributed by atoms with van der Waals surface area (Å²) in [6.45, 7) is 3.42. The Bertz CT molecular complexity index is 518. The summed E-state index contributed by atoms with van der Waals surface area (Å²) in [7, 11) is 0. The molecule has 0 fully saturated rings. The lowest BCUT2D eigenvalue weighted by Gasteiger charge is -2.23. The van der Waals surface area contributed by atoms with Gasteiger partial charge in [-0.3, -0.25) is 4.79 Å². The number of nitrogens with one attached hydrogen (secondary N) is 1. The first-order valence-electron chi connectivity index (χ1n) is 7.29. The quantitative estimate of drug-likeness (QED) is 0.795. The van der Waals surface area contributed by atoms with Gasteiger partial charge >= 0.3 is 6.18 Å². The Labute approximate surface area is 138 Å². The number of hydrogen-bond donors (Lipinski definition) is 2. The molecule has 23 heavy (non-hydrogen) atoms. The van der Waals surface area contributed by atoms with E-state index in [4.69, 9.17) is 0 Å². The lowest BCUT2D eigenvalue weighted by molar-refractivity contribution is -0.137. The first kappa shape index (κ1) is 19.8. The van der Waals surface area contributed by atoms with Gasteiger partial charge in [-0.15, -0.1) is 0 Å². The van der Waals surface area contributed by atoms with E-state index in [1.807, 2.05) is 6.26 Å². The highest BCUT2D eigenvalue weighted by atomic mass is 32.2. The van der Waals surface area contributed by atoms with Crippen molar-refractivity contribution in [2.75, 3.05) is 12.9 Å². The molecule has 0 radical (unpaired) electrons. The number of alkyl halides is 3. The average Bonchev–Trinajstić information content (AvgIpc) is 2.47. The van der Waals surface area contributed by atoms with Crippen molar-refractivity contribution in [3.8, 4) is 0 Å². The zero-order valence-corrected chi connectivity index (χ0v) is 14.2. The van der Waals surface area contributed by atoms with Crippen LogP contribution in [-0.2, 0) is 17.4 Å². The van der Waals surface area contributed by atoms with Crippen molar-refractivity contribution >= 4 is 17.7 Å². The smallest absolute Gasteiger partial charge is 0.395 e. The molecule has 0 bridgehead atoms. The topological polar surface area (TPSA) is 49.3 Å². The molecule has 3 unspecified atom stereocenters. The van der Waals surface area contributed by atoms with Gasteiger partial charge in [-0.25, -0.2) is 0 Å². The molecule has 0 aliphatic heterocycles.